The number of aryl methyl sites for hydroxylation is 1. The first kappa shape index (κ1) is 19.3. The lowest BCUT2D eigenvalue weighted by atomic mass is 9.93. The maximum absolute atomic E-state index is 12.6. The highest BCUT2D eigenvalue weighted by molar-refractivity contribution is 7.14. The second-order valence-corrected chi connectivity index (χ2v) is 8.42. The second-order valence-electron chi connectivity index (χ2n) is 7.13. The van der Waals surface area contributed by atoms with Crippen molar-refractivity contribution in [2.45, 2.75) is 33.1 Å². The van der Waals surface area contributed by atoms with Gasteiger partial charge in [0, 0.05) is 27.6 Å². The molecular weight excluding hydrogens is 384 g/mol. The summed E-state index contributed by atoms with van der Waals surface area (Å²) in [6.07, 6.45) is 0. The standard InChI is InChI=1S/C19H19ClN4O2S/c1-11-9-14(25)16(23-24(11)13-7-5-12(20)6-8-13)17(26)22-18-21-15(10-27-18)19(2,3)4/h5-10H,1-4H3,(H,21,22,26). The first-order valence-corrected chi connectivity index (χ1v) is 9.55. The van der Waals surface area contributed by atoms with Gasteiger partial charge in [0.05, 0.1) is 11.4 Å². The van der Waals surface area contributed by atoms with Gasteiger partial charge in [0.1, 0.15) is 0 Å². The highest BCUT2D eigenvalue weighted by Crippen LogP contribution is 2.26. The molecule has 1 amide bonds. The molecule has 3 aromatic rings. The predicted molar refractivity (Wildman–Crippen MR) is 108 cm³/mol. The van der Waals surface area contributed by atoms with Crippen LogP contribution in [-0.2, 0) is 5.41 Å². The Morgan fingerprint density at radius 3 is 2.48 bits per heavy atom. The highest BCUT2D eigenvalue weighted by atomic mass is 35.5. The molecule has 0 atom stereocenters. The zero-order valence-electron chi connectivity index (χ0n) is 15.4. The van der Waals surface area contributed by atoms with Gasteiger partial charge in [-0.25, -0.2) is 9.67 Å². The van der Waals surface area contributed by atoms with E-state index in [1.165, 1.54) is 22.1 Å². The van der Waals surface area contributed by atoms with Gasteiger partial charge in [0.15, 0.2) is 10.8 Å². The maximum atomic E-state index is 12.6. The van der Waals surface area contributed by atoms with Gasteiger partial charge in [-0.3, -0.25) is 14.9 Å². The number of thiazole rings is 1. The van der Waals surface area contributed by atoms with Crippen LogP contribution in [0.25, 0.3) is 5.69 Å². The van der Waals surface area contributed by atoms with Gasteiger partial charge >= 0.3 is 0 Å². The van der Waals surface area contributed by atoms with Gasteiger partial charge in [-0.15, -0.1) is 11.3 Å². The minimum absolute atomic E-state index is 0.122. The summed E-state index contributed by atoms with van der Waals surface area (Å²) >= 11 is 7.24. The number of nitrogens with zero attached hydrogens (tertiary/aromatic N) is 3. The molecule has 3 rings (SSSR count). The third kappa shape index (κ3) is 4.26. The number of nitrogens with one attached hydrogen (secondary N) is 1. The van der Waals surface area contributed by atoms with Crippen LogP contribution in [0.1, 0.15) is 42.6 Å². The quantitative estimate of drug-likeness (QED) is 0.712. The van der Waals surface area contributed by atoms with Crippen molar-refractivity contribution in [3.8, 4) is 5.69 Å². The lowest BCUT2D eigenvalue weighted by Gasteiger charge is -2.14. The Kier molecular flexibility index (Phi) is 5.17. The summed E-state index contributed by atoms with van der Waals surface area (Å²) in [4.78, 5) is 29.3. The molecular formula is C19H19ClN4O2S. The Labute approximate surface area is 165 Å². The number of halogens is 1. The molecule has 0 spiro atoms. The molecule has 0 saturated heterocycles. The van der Waals surface area contributed by atoms with E-state index in [2.05, 4.69) is 15.4 Å². The molecule has 140 valence electrons. The maximum Gasteiger partial charge on any atom is 0.281 e. The molecule has 0 aliphatic heterocycles. The van der Waals surface area contributed by atoms with E-state index in [0.29, 0.717) is 21.5 Å². The fourth-order valence-electron chi connectivity index (χ4n) is 2.38. The second kappa shape index (κ2) is 7.25. The Hall–Kier alpha value is -2.51. The van der Waals surface area contributed by atoms with E-state index < -0.39 is 11.3 Å². The number of benzene rings is 1. The normalized spacial score (nSPS) is 11.4. The highest BCUT2D eigenvalue weighted by Gasteiger charge is 2.20. The van der Waals surface area contributed by atoms with E-state index in [9.17, 15) is 9.59 Å². The van der Waals surface area contributed by atoms with Crippen LogP contribution in [0.2, 0.25) is 5.02 Å². The van der Waals surface area contributed by atoms with E-state index in [-0.39, 0.29) is 11.1 Å². The minimum atomic E-state index is -0.586. The third-order valence-electron chi connectivity index (χ3n) is 3.89. The van der Waals surface area contributed by atoms with Crippen molar-refractivity contribution < 1.29 is 4.79 Å². The Morgan fingerprint density at radius 2 is 1.89 bits per heavy atom. The summed E-state index contributed by atoms with van der Waals surface area (Å²) in [5, 5.41) is 9.84. The molecule has 0 aliphatic carbocycles. The number of rotatable bonds is 3. The van der Waals surface area contributed by atoms with Crippen LogP contribution in [0.3, 0.4) is 0 Å². The van der Waals surface area contributed by atoms with Gasteiger partial charge < -0.3 is 0 Å². The van der Waals surface area contributed by atoms with Crippen molar-refractivity contribution >= 4 is 34.0 Å². The van der Waals surface area contributed by atoms with Crippen LogP contribution in [-0.4, -0.2) is 20.7 Å². The molecule has 0 fully saturated rings. The van der Waals surface area contributed by atoms with Crippen LogP contribution < -0.4 is 10.7 Å². The molecule has 27 heavy (non-hydrogen) atoms. The van der Waals surface area contributed by atoms with Crippen molar-refractivity contribution in [2.75, 3.05) is 5.32 Å². The largest absolute Gasteiger partial charge is 0.296 e. The summed E-state index contributed by atoms with van der Waals surface area (Å²) in [6, 6.07) is 8.37. The molecule has 0 aliphatic rings. The van der Waals surface area contributed by atoms with E-state index in [1.54, 1.807) is 31.2 Å². The molecule has 1 N–H and O–H groups in total. The molecule has 0 radical (unpaired) electrons. The fraction of sp³-hybridized carbons (Fsp3) is 0.263. The van der Waals surface area contributed by atoms with Crippen LogP contribution in [0.4, 0.5) is 5.13 Å². The molecule has 0 saturated carbocycles. The van der Waals surface area contributed by atoms with Crippen LogP contribution in [0.15, 0.2) is 40.5 Å². The lowest BCUT2D eigenvalue weighted by Crippen LogP contribution is -2.27. The molecule has 0 unspecified atom stereocenters. The van der Waals surface area contributed by atoms with Gasteiger partial charge in [-0.05, 0) is 31.2 Å². The predicted octanol–water partition coefficient (Wildman–Crippen LogP) is 4.20. The molecule has 1 aromatic carbocycles. The zero-order valence-corrected chi connectivity index (χ0v) is 17.0. The first-order valence-electron chi connectivity index (χ1n) is 8.29. The number of aromatic nitrogens is 3. The summed E-state index contributed by atoms with van der Waals surface area (Å²) in [6.45, 7) is 7.88. The monoisotopic (exact) mass is 402 g/mol. The Morgan fingerprint density at radius 1 is 1.22 bits per heavy atom. The van der Waals surface area contributed by atoms with Crippen LogP contribution in [0, 0.1) is 6.92 Å². The minimum Gasteiger partial charge on any atom is -0.296 e. The number of hydrogen-bond acceptors (Lipinski definition) is 5. The zero-order chi connectivity index (χ0) is 19.8. The van der Waals surface area contributed by atoms with Gasteiger partial charge in [0.25, 0.3) is 5.91 Å². The van der Waals surface area contributed by atoms with E-state index in [0.717, 1.165) is 5.69 Å². The number of carbonyl (C=O) groups is 1. The number of carbonyl (C=O) groups excluding carboxylic acids is 1. The first-order chi connectivity index (χ1) is 12.6. The van der Waals surface area contributed by atoms with E-state index in [1.807, 2.05) is 26.2 Å². The van der Waals surface area contributed by atoms with Gasteiger partial charge in [-0.2, -0.15) is 5.10 Å². The van der Waals surface area contributed by atoms with E-state index >= 15 is 0 Å². The van der Waals surface area contributed by atoms with Crippen molar-refractivity contribution in [1.29, 1.82) is 0 Å². The average molecular weight is 403 g/mol. The van der Waals surface area contributed by atoms with Gasteiger partial charge in [-0.1, -0.05) is 32.4 Å². The number of anilines is 1. The molecule has 8 heteroatoms. The summed E-state index contributed by atoms with van der Waals surface area (Å²) < 4.78 is 1.54. The van der Waals surface area contributed by atoms with Crippen LogP contribution >= 0.6 is 22.9 Å². The van der Waals surface area contributed by atoms with Gasteiger partial charge in [0.2, 0.25) is 5.43 Å². The number of amides is 1. The Bertz CT molecular complexity index is 1050. The third-order valence-corrected chi connectivity index (χ3v) is 4.90. The summed E-state index contributed by atoms with van der Waals surface area (Å²) in [5.74, 6) is -0.586. The Balaban J connectivity index is 1.93. The number of hydrogen-bond donors (Lipinski definition) is 1. The average Bonchev–Trinajstić information content (AvgIpc) is 3.05. The van der Waals surface area contributed by atoms with Crippen molar-refractivity contribution in [3.63, 3.8) is 0 Å². The van der Waals surface area contributed by atoms with Crippen molar-refractivity contribution in [1.82, 2.24) is 14.8 Å². The van der Waals surface area contributed by atoms with Crippen molar-refractivity contribution in [2.24, 2.45) is 0 Å². The molecule has 2 aromatic heterocycles. The van der Waals surface area contributed by atoms with Crippen LogP contribution in [0.5, 0.6) is 0 Å². The smallest absolute Gasteiger partial charge is 0.281 e. The molecule has 6 nitrogen and oxygen atoms in total. The fourth-order valence-corrected chi connectivity index (χ4v) is 3.44. The van der Waals surface area contributed by atoms with Crippen molar-refractivity contribution in [3.05, 3.63) is 68.0 Å². The SMILES string of the molecule is Cc1cc(=O)c(C(=O)Nc2nc(C(C)(C)C)cs2)nn1-c1ccc(Cl)cc1. The topological polar surface area (TPSA) is 76.9 Å². The summed E-state index contributed by atoms with van der Waals surface area (Å²) in [7, 11) is 0. The van der Waals surface area contributed by atoms with E-state index in [4.69, 9.17) is 11.6 Å². The molecule has 2 heterocycles. The molecule has 0 bridgehead atoms. The lowest BCUT2D eigenvalue weighted by molar-refractivity contribution is 0.101. The summed E-state index contributed by atoms with van der Waals surface area (Å²) in [5.41, 5.74) is 1.44.